The number of nitrogens with zero attached hydrogens (tertiary/aromatic N) is 2. The SMILES string of the molecule is COC(=O)N1C[C@@H]2CCN(C(=O)C[C@H](N)Cc3cc(F)c(F)cc3F)[C@@H]2C1. The van der Waals surface area contributed by atoms with Crippen molar-refractivity contribution in [2.45, 2.75) is 31.3 Å². The lowest BCUT2D eigenvalue weighted by Gasteiger charge is -2.26. The molecule has 0 aromatic heterocycles. The van der Waals surface area contributed by atoms with Crippen molar-refractivity contribution in [1.82, 2.24) is 9.80 Å². The smallest absolute Gasteiger partial charge is 0.409 e. The van der Waals surface area contributed by atoms with Crippen molar-refractivity contribution in [3.05, 3.63) is 35.1 Å². The van der Waals surface area contributed by atoms with Gasteiger partial charge in [0.15, 0.2) is 11.6 Å². The number of nitrogens with two attached hydrogens (primary N) is 1. The summed E-state index contributed by atoms with van der Waals surface area (Å²) in [6, 6.07) is 0.439. The van der Waals surface area contributed by atoms with Crippen LogP contribution in [-0.2, 0) is 16.0 Å². The van der Waals surface area contributed by atoms with Gasteiger partial charge in [-0.2, -0.15) is 0 Å². The van der Waals surface area contributed by atoms with Crippen molar-refractivity contribution in [3.8, 4) is 0 Å². The lowest BCUT2D eigenvalue weighted by atomic mass is 10.0. The topological polar surface area (TPSA) is 75.9 Å². The molecule has 1 aromatic carbocycles. The molecule has 2 fully saturated rings. The highest BCUT2D eigenvalue weighted by molar-refractivity contribution is 5.78. The first-order valence-electron chi connectivity index (χ1n) is 8.81. The summed E-state index contributed by atoms with van der Waals surface area (Å²) in [6.07, 6.45) is 0.254. The van der Waals surface area contributed by atoms with Gasteiger partial charge in [-0.05, 0) is 24.5 Å². The summed E-state index contributed by atoms with van der Waals surface area (Å²) in [7, 11) is 1.32. The molecule has 9 heteroatoms. The number of benzene rings is 1. The summed E-state index contributed by atoms with van der Waals surface area (Å²) in [5, 5.41) is 0. The Balaban J connectivity index is 1.59. The summed E-state index contributed by atoms with van der Waals surface area (Å²) in [4.78, 5) is 27.6. The van der Waals surface area contributed by atoms with E-state index >= 15 is 0 Å². The molecule has 2 heterocycles. The third-order valence-corrected chi connectivity index (χ3v) is 5.31. The fourth-order valence-corrected chi connectivity index (χ4v) is 3.97. The maximum atomic E-state index is 13.8. The van der Waals surface area contributed by atoms with Gasteiger partial charge in [0.25, 0.3) is 0 Å². The van der Waals surface area contributed by atoms with Gasteiger partial charge < -0.3 is 20.3 Å². The summed E-state index contributed by atoms with van der Waals surface area (Å²) in [5.74, 6) is -3.29. The van der Waals surface area contributed by atoms with Crippen LogP contribution in [0.3, 0.4) is 0 Å². The molecule has 2 amide bonds. The highest BCUT2D eigenvalue weighted by atomic mass is 19.2. The van der Waals surface area contributed by atoms with E-state index in [2.05, 4.69) is 0 Å². The molecule has 148 valence electrons. The van der Waals surface area contributed by atoms with Gasteiger partial charge in [0.2, 0.25) is 5.91 Å². The van der Waals surface area contributed by atoms with Crippen LogP contribution >= 0.6 is 0 Å². The molecular formula is C18H22F3N3O3. The van der Waals surface area contributed by atoms with E-state index in [1.165, 1.54) is 7.11 Å². The van der Waals surface area contributed by atoms with Crippen LogP contribution in [0.5, 0.6) is 0 Å². The Bertz CT molecular complexity index is 746. The number of rotatable bonds is 4. The molecular weight excluding hydrogens is 363 g/mol. The molecule has 2 aliphatic heterocycles. The fraction of sp³-hybridized carbons (Fsp3) is 0.556. The predicted octanol–water partition coefficient (Wildman–Crippen LogP) is 1.66. The standard InChI is InChI=1S/C18H22F3N3O3/c1-27-18(26)23-8-10-2-3-24(16(10)9-23)17(25)6-12(22)4-11-5-14(20)15(21)7-13(11)19/h5,7,10,12,16H,2-4,6,8-9,22H2,1H3/t10-,12+,16+/m0/s1. The van der Waals surface area contributed by atoms with Crippen molar-refractivity contribution in [2.75, 3.05) is 26.7 Å². The molecule has 0 bridgehead atoms. The van der Waals surface area contributed by atoms with E-state index in [1.54, 1.807) is 9.80 Å². The molecule has 0 saturated carbocycles. The second kappa shape index (κ2) is 7.75. The van der Waals surface area contributed by atoms with Gasteiger partial charge in [0.05, 0.1) is 13.2 Å². The first-order valence-corrected chi connectivity index (χ1v) is 8.81. The summed E-state index contributed by atoms with van der Waals surface area (Å²) >= 11 is 0. The molecule has 2 saturated heterocycles. The van der Waals surface area contributed by atoms with Crippen LogP contribution < -0.4 is 5.73 Å². The fourth-order valence-electron chi connectivity index (χ4n) is 3.97. The first kappa shape index (κ1) is 19.5. The number of halogens is 3. The lowest BCUT2D eigenvalue weighted by Crippen LogP contribution is -2.43. The number of ether oxygens (including phenoxy) is 1. The zero-order valence-corrected chi connectivity index (χ0v) is 15.0. The second-order valence-corrected chi connectivity index (χ2v) is 7.10. The number of methoxy groups -OCH3 is 1. The van der Waals surface area contributed by atoms with Crippen LogP contribution in [0.25, 0.3) is 0 Å². The molecule has 0 spiro atoms. The number of carbonyl (C=O) groups is 2. The molecule has 6 nitrogen and oxygen atoms in total. The minimum Gasteiger partial charge on any atom is -0.453 e. The van der Waals surface area contributed by atoms with E-state index in [-0.39, 0.29) is 36.3 Å². The van der Waals surface area contributed by atoms with Gasteiger partial charge in [-0.1, -0.05) is 0 Å². The number of carbonyl (C=O) groups excluding carboxylic acids is 2. The Morgan fingerprint density at radius 2 is 1.93 bits per heavy atom. The summed E-state index contributed by atoms with van der Waals surface area (Å²) < 4.78 is 44.8. The van der Waals surface area contributed by atoms with E-state index in [0.29, 0.717) is 25.7 Å². The first-order chi connectivity index (χ1) is 12.8. The Morgan fingerprint density at radius 1 is 1.22 bits per heavy atom. The van der Waals surface area contributed by atoms with Crippen molar-refractivity contribution in [2.24, 2.45) is 11.7 Å². The maximum Gasteiger partial charge on any atom is 0.409 e. The Morgan fingerprint density at radius 3 is 2.63 bits per heavy atom. The summed E-state index contributed by atoms with van der Waals surface area (Å²) in [6.45, 7) is 1.54. The zero-order valence-electron chi connectivity index (χ0n) is 15.0. The average Bonchev–Trinajstić information content (AvgIpc) is 3.19. The lowest BCUT2D eigenvalue weighted by molar-refractivity contribution is -0.132. The highest BCUT2D eigenvalue weighted by Gasteiger charge is 2.45. The van der Waals surface area contributed by atoms with E-state index in [1.807, 2.05) is 0 Å². The number of hydrogen-bond donors (Lipinski definition) is 1. The van der Waals surface area contributed by atoms with Crippen molar-refractivity contribution >= 4 is 12.0 Å². The van der Waals surface area contributed by atoms with Gasteiger partial charge in [0.1, 0.15) is 5.82 Å². The van der Waals surface area contributed by atoms with Crippen LogP contribution in [0.1, 0.15) is 18.4 Å². The minimum atomic E-state index is -1.26. The van der Waals surface area contributed by atoms with E-state index in [4.69, 9.17) is 10.5 Å². The van der Waals surface area contributed by atoms with E-state index < -0.39 is 29.6 Å². The van der Waals surface area contributed by atoms with Gasteiger partial charge in [-0.15, -0.1) is 0 Å². The Kier molecular flexibility index (Phi) is 5.59. The number of likely N-dealkylation sites (tertiary alicyclic amines) is 2. The third kappa shape index (κ3) is 4.02. The van der Waals surface area contributed by atoms with Gasteiger partial charge in [0, 0.05) is 44.1 Å². The van der Waals surface area contributed by atoms with Crippen molar-refractivity contribution < 1.29 is 27.5 Å². The Labute approximate surface area is 155 Å². The van der Waals surface area contributed by atoms with Gasteiger partial charge in [-0.3, -0.25) is 4.79 Å². The molecule has 27 heavy (non-hydrogen) atoms. The minimum absolute atomic E-state index is 0.0418. The zero-order chi connectivity index (χ0) is 19.7. The highest BCUT2D eigenvalue weighted by Crippen LogP contribution is 2.32. The maximum absolute atomic E-state index is 13.8. The van der Waals surface area contributed by atoms with Crippen LogP contribution in [0.4, 0.5) is 18.0 Å². The second-order valence-electron chi connectivity index (χ2n) is 7.10. The van der Waals surface area contributed by atoms with Gasteiger partial charge >= 0.3 is 6.09 Å². The quantitative estimate of drug-likeness (QED) is 0.800. The van der Waals surface area contributed by atoms with E-state index in [9.17, 15) is 22.8 Å². The van der Waals surface area contributed by atoms with E-state index in [0.717, 1.165) is 12.5 Å². The number of hydrogen-bond acceptors (Lipinski definition) is 4. The molecule has 2 aliphatic rings. The van der Waals surface area contributed by atoms with Crippen LogP contribution in [-0.4, -0.2) is 60.6 Å². The van der Waals surface area contributed by atoms with Crippen LogP contribution in [0.2, 0.25) is 0 Å². The Hall–Kier alpha value is -2.29. The largest absolute Gasteiger partial charge is 0.453 e. The van der Waals surface area contributed by atoms with Crippen molar-refractivity contribution in [3.63, 3.8) is 0 Å². The number of fused-ring (bicyclic) bond motifs is 1. The van der Waals surface area contributed by atoms with Crippen LogP contribution in [0, 0.1) is 23.4 Å². The predicted molar refractivity (Wildman–Crippen MR) is 90.2 cm³/mol. The molecule has 0 radical (unpaired) electrons. The van der Waals surface area contributed by atoms with Crippen LogP contribution in [0.15, 0.2) is 12.1 Å². The monoisotopic (exact) mass is 385 g/mol. The summed E-state index contributed by atoms with van der Waals surface area (Å²) in [5.41, 5.74) is 5.89. The normalized spacial score (nSPS) is 22.7. The van der Waals surface area contributed by atoms with Crippen molar-refractivity contribution in [1.29, 1.82) is 0 Å². The molecule has 3 atom stereocenters. The number of amides is 2. The average molecular weight is 385 g/mol. The van der Waals surface area contributed by atoms with Gasteiger partial charge in [-0.25, -0.2) is 18.0 Å². The molecule has 0 unspecified atom stereocenters. The molecule has 1 aromatic rings. The third-order valence-electron chi connectivity index (χ3n) is 5.31. The molecule has 3 rings (SSSR count). The molecule has 2 N–H and O–H groups in total. The molecule has 0 aliphatic carbocycles.